The van der Waals surface area contributed by atoms with Crippen molar-refractivity contribution in [3.05, 3.63) is 0 Å². The van der Waals surface area contributed by atoms with Crippen LogP contribution in [0.3, 0.4) is 0 Å². The molecule has 0 saturated carbocycles. The smallest absolute Gasteiger partial charge is 0.306 e. The van der Waals surface area contributed by atoms with E-state index in [1.807, 2.05) is 20.8 Å². The fraction of sp³-hybridized carbons (Fsp3) is 0.889. The number of ether oxygens (including phenoxy) is 2. The molecule has 1 aliphatic heterocycles. The van der Waals surface area contributed by atoms with Crippen LogP contribution in [0.1, 0.15) is 46.5 Å². The van der Waals surface area contributed by atoms with E-state index in [0.29, 0.717) is 6.42 Å². The maximum atomic E-state index is 11.6. The molecule has 1 rings (SSSR count). The van der Waals surface area contributed by atoms with Crippen molar-refractivity contribution in [3.8, 4) is 0 Å². The van der Waals surface area contributed by atoms with Gasteiger partial charge in [0.25, 0.3) is 0 Å². The van der Waals surface area contributed by atoms with Crippen LogP contribution in [0.2, 0.25) is 0 Å². The quantitative estimate of drug-likeness (QED) is 0.172. The molecule has 0 aliphatic carbocycles. The number of rotatable bonds is 9. The van der Waals surface area contributed by atoms with Crippen LogP contribution in [0.5, 0.6) is 0 Å². The van der Waals surface area contributed by atoms with Crippen molar-refractivity contribution in [2.45, 2.75) is 52.1 Å². The summed E-state index contributed by atoms with van der Waals surface area (Å²) in [5, 5.41) is 6.65. The average molecular weight is 484 g/mol. The van der Waals surface area contributed by atoms with Gasteiger partial charge in [-0.3, -0.25) is 14.7 Å². The maximum absolute atomic E-state index is 11.6. The van der Waals surface area contributed by atoms with E-state index in [-0.39, 0.29) is 29.9 Å². The minimum absolute atomic E-state index is 0. The number of hydrogen-bond acceptors (Lipinski definition) is 5. The molecule has 8 heteroatoms. The molecule has 0 aromatic rings. The van der Waals surface area contributed by atoms with Crippen molar-refractivity contribution >= 4 is 35.9 Å². The van der Waals surface area contributed by atoms with Crippen molar-refractivity contribution in [2.75, 3.05) is 53.0 Å². The molecule has 1 heterocycles. The number of halogens is 1. The highest BCUT2D eigenvalue weighted by atomic mass is 127. The topological polar surface area (TPSA) is 75.2 Å². The summed E-state index contributed by atoms with van der Waals surface area (Å²) in [7, 11) is 1.78. The average Bonchev–Trinajstić information content (AvgIpc) is 2.55. The predicted octanol–water partition coefficient (Wildman–Crippen LogP) is 2.00. The standard InChI is InChI=1S/C18H36N4O3.HI/c1-18(2,3)25-16(23)8-6-5-7-9-20-17(19-4)21-10-11-22-12-14-24-15-13-22;/h5-15H2,1-4H3,(H2,19,20,21);1H. The second-order valence-corrected chi connectivity index (χ2v) is 7.28. The summed E-state index contributed by atoms with van der Waals surface area (Å²) in [6.07, 6.45) is 3.35. The molecule has 0 atom stereocenters. The van der Waals surface area contributed by atoms with E-state index in [9.17, 15) is 4.79 Å². The van der Waals surface area contributed by atoms with E-state index in [4.69, 9.17) is 9.47 Å². The van der Waals surface area contributed by atoms with E-state index >= 15 is 0 Å². The molecule has 0 aromatic heterocycles. The Kier molecular flexibility index (Phi) is 14.1. The van der Waals surface area contributed by atoms with Crippen molar-refractivity contribution in [2.24, 2.45) is 4.99 Å². The first-order valence-electron chi connectivity index (χ1n) is 9.37. The van der Waals surface area contributed by atoms with Gasteiger partial charge in [0, 0.05) is 46.2 Å². The number of unbranched alkanes of at least 4 members (excludes halogenated alkanes) is 2. The van der Waals surface area contributed by atoms with Gasteiger partial charge in [-0.1, -0.05) is 6.42 Å². The Morgan fingerprint density at radius 1 is 1.12 bits per heavy atom. The van der Waals surface area contributed by atoms with Crippen LogP contribution >= 0.6 is 24.0 Å². The highest BCUT2D eigenvalue weighted by molar-refractivity contribution is 14.0. The Hall–Kier alpha value is -0.610. The van der Waals surface area contributed by atoms with Crippen LogP contribution in [-0.4, -0.2) is 75.4 Å². The Balaban J connectivity index is 0.00000625. The van der Waals surface area contributed by atoms with E-state index in [1.54, 1.807) is 7.05 Å². The summed E-state index contributed by atoms with van der Waals surface area (Å²) in [6.45, 7) is 12.1. The van der Waals surface area contributed by atoms with Crippen molar-refractivity contribution in [1.29, 1.82) is 0 Å². The minimum Gasteiger partial charge on any atom is -0.460 e. The fourth-order valence-corrected chi connectivity index (χ4v) is 2.55. The van der Waals surface area contributed by atoms with Gasteiger partial charge in [0.1, 0.15) is 5.60 Å². The van der Waals surface area contributed by atoms with Crippen LogP contribution in [0.15, 0.2) is 4.99 Å². The van der Waals surface area contributed by atoms with Gasteiger partial charge in [-0.2, -0.15) is 0 Å². The second kappa shape index (κ2) is 14.4. The summed E-state index contributed by atoms with van der Waals surface area (Å²) >= 11 is 0. The molecule has 0 bridgehead atoms. The number of hydrogen-bond donors (Lipinski definition) is 2. The molecule has 1 saturated heterocycles. The molecule has 0 aromatic carbocycles. The highest BCUT2D eigenvalue weighted by Gasteiger charge is 2.15. The lowest BCUT2D eigenvalue weighted by atomic mass is 10.1. The molecule has 2 N–H and O–H groups in total. The van der Waals surface area contributed by atoms with Gasteiger partial charge in [0.15, 0.2) is 5.96 Å². The summed E-state index contributed by atoms with van der Waals surface area (Å²) < 4.78 is 10.6. The zero-order valence-corrected chi connectivity index (χ0v) is 19.1. The molecule has 0 spiro atoms. The number of nitrogens with one attached hydrogen (secondary N) is 2. The number of morpholine rings is 1. The number of nitrogens with zero attached hydrogens (tertiary/aromatic N) is 2. The molecular formula is C18H37IN4O3. The predicted molar refractivity (Wildman–Crippen MR) is 116 cm³/mol. The third kappa shape index (κ3) is 13.6. The third-order valence-electron chi connectivity index (χ3n) is 3.82. The Morgan fingerprint density at radius 2 is 1.77 bits per heavy atom. The van der Waals surface area contributed by atoms with E-state index in [2.05, 4.69) is 20.5 Å². The van der Waals surface area contributed by atoms with Crippen molar-refractivity contribution in [3.63, 3.8) is 0 Å². The molecule has 0 unspecified atom stereocenters. The number of esters is 1. The van der Waals surface area contributed by atoms with Crippen LogP contribution < -0.4 is 10.6 Å². The van der Waals surface area contributed by atoms with Crippen LogP contribution in [0, 0.1) is 0 Å². The highest BCUT2D eigenvalue weighted by Crippen LogP contribution is 2.10. The molecule has 1 fully saturated rings. The first kappa shape index (κ1) is 25.4. The van der Waals surface area contributed by atoms with Gasteiger partial charge in [0.05, 0.1) is 13.2 Å². The molecule has 0 amide bonds. The molecule has 154 valence electrons. The molecule has 1 aliphatic rings. The third-order valence-corrected chi connectivity index (χ3v) is 3.82. The number of aliphatic imine (C=N–C) groups is 1. The second-order valence-electron chi connectivity index (χ2n) is 7.28. The lowest BCUT2D eigenvalue weighted by Crippen LogP contribution is -2.44. The monoisotopic (exact) mass is 484 g/mol. The Labute approximate surface area is 175 Å². The molecule has 7 nitrogen and oxygen atoms in total. The SMILES string of the molecule is CN=C(NCCCCCC(=O)OC(C)(C)C)NCCN1CCOCC1.I. The van der Waals surface area contributed by atoms with Gasteiger partial charge < -0.3 is 20.1 Å². The van der Waals surface area contributed by atoms with Crippen LogP contribution in [-0.2, 0) is 14.3 Å². The zero-order chi connectivity index (χ0) is 18.5. The van der Waals surface area contributed by atoms with E-state index < -0.39 is 5.60 Å². The summed E-state index contributed by atoms with van der Waals surface area (Å²) in [5.41, 5.74) is -0.391. The minimum atomic E-state index is -0.391. The zero-order valence-electron chi connectivity index (χ0n) is 16.8. The largest absolute Gasteiger partial charge is 0.460 e. The fourth-order valence-electron chi connectivity index (χ4n) is 2.55. The van der Waals surface area contributed by atoms with Gasteiger partial charge in [0.2, 0.25) is 0 Å². The first-order valence-corrected chi connectivity index (χ1v) is 9.37. The number of carbonyl (C=O) groups excluding carboxylic acids is 1. The van der Waals surface area contributed by atoms with E-state index in [0.717, 1.165) is 71.2 Å². The molecular weight excluding hydrogens is 447 g/mol. The summed E-state index contributed by atoms with van der Waals surface area (Å²) in [5.74, 6) is 0.724. The van der Waals surface area contributed by atoms with Gasteiger partial charge in [-0.25, -0.2) is 0 Å². The van der Waals surface area contributed by atoms with Crippen molar-refractivity contribution < 1.29 is 14.3 Å². The number of carbonyl (C=O) groups is 1. The summed E-state index contributed by atoms with van der Waals surface area (Å²) in [4.78, 5) is 18.2. The van der Waals surface area contributed by atoms with Crippen LogP contribution in [0.4, 0.5) is 0 Å². The van der Waals surface area contributed by atoms with Gasteiger partial charge in [-0.15, -0.1) is 24.0 Å². The van der Waals surface area contributed by atoms with Crippen molar-refractivity contribution in [1.82, 2.24) is 15.5 Å². The van der Waals surface area contributed by atoms with E-state index in [1.165, 1.54) is 0 Å². The Bertz CT molecular complexity index is 408. The Morgan fingerprint density at radius 3 is 2.38 bits per heavy atom. The normalized spacial score (nSPS) is 15.9. The summed E-state index contributed by atoms with van der Waals surface area (Å²) in [6, 6.07) is 0. The van der Waals surface area contributed by atoms with Gasteiger partial charge in [-0.05, 0) is 33.6 Å². The lowest BCUT2D eigenvalue weighted by molar-refractivity contribution is -0.154. The van der Waals surface area contributed by atoms with Gasteiger partial charge >= 0.3 is 5.97 Å². The lowest BCUT2D eigenvalue weighted by Gasteiger charge is -2.26. The maximum Gasteiger partial charge on any atom is 0.306 e. The first-order chi connectivity index (χ1) is 11.9. The van der Waals surface area contributed by atoms with Crippen LogP contribution in [0.25, 0.3) is 0 Å². The number of guanidine groups is 1. The molecule has 0 radical (unpaired) electrons. The molecule has 26 heavy (non-hydrogen) atoms.